The summed E-state index contributed by atoms with van der Waals surface area (Å²) >= 11 is 0. The van der Waals surface area contributed by atoms with Crippen molar-refractivity contribution in [2.75, 3.05) is 5.73 Å². The highest BCUT2D eigenvalue weighted by molar-refractivity contribution is 5.70. The number of primary amides is 1. The molecule has 0 fully saturated rings. The Labute approximate surface area is 90.6 Å². The summed E-state index contributed by atoms with van der Waals surface area (Å²) in [6.07, 6.45) is 1.96. The molecule has 0 atom stereocenters. The molecule has 2 heterocycles. The summed E-state index contributed by atoms with van der Waals surface area (Å²) in [5.41, 5.74) is 10.6. The van der Waals surface area contributed by atoms with E-state index in [9.17, 15) is 4.79 Å². The molecule has 0 bridgehead atoms. The number of carbonyl (C=O) groups is 1. The molecule has 0 saturated heterocycles. The molecule has 0 spiro atoms. The van der Waals surface area contributed by atoms with Gasteiger partial charge in [0.05, 0.1) is 6.20 Å². The normalized spacial score (nSPS) is 10.0. The summed E-state index contributed by atoms with van der Waals surface area (Å²) in [4.78, 5) is 14.6. The van der Waals surface area contributed by atoms with Crippen LogP contribution in [-0.2, 0) is 0 Å². The maximum atomic E-state index is 10.6. The van der Waals surface area contributed by atoms with E-state index in [1.807, 2.05) is 0 Å². The van der Waals surface area contributed by atoms with Crippen molar-refractivity contribution in [1.29, 1.82) is 0 Å². The number of aromatic nitrogens is 3. The molecule has 0 unspecified atom stereocenters. The lowest BCUT2D eigenvalue weighted by atomic mass is 10.4. The molecule has 1 amide bonds. The minimum Gasteiger partial charge on any atom is -0.405 e. The van der Waals surface area contributed by atoms with Crippen molar-refractivity contribution in [3.63, 3.8) is 0 Å². The minimum absolute atomic E-state index is 0.109. The van der Waals surface area contributed by atoms with Gasteiger partial charge in [0.15, 0.2) is 17.4 Å². The number of pyridine rings is 1. The van der Waals surface area contributed by atoms with E-state index in [-0.39, 0.29) is 11.6 Å². The van der Waals surface area contributed by atoms with E-state index in [0.717, 1.165) is 0 Å². The van der Waals surface area contributed by atoms with E-state index in [1.54, 1.807) is 24.4 Å². The van der Waals surface area contributed by atoms with Gasteiger partial charge < -0.3 is 16.2 Å². The van der Waals surface area contributed by atoms with Gasteiger partial charge in [0, 0.05) is 6.20 Å². The fraction of sp³-hybridized carbons (Fsp3) is 0. The molecule has 0 aromatic carbocycles. The number of ether oxygens (including phenoxy) is 1. The van der Waals surface area contributed by atoms with E-state index < -0.39 is 6.09 Å². The van der Waals surface area contributed by atoms with Gasteiger partial charge in [-0.05, 0) is 12.1 Å². The van der Waals surface area contributed by atoms with E-state index >= 15 is 0 Å². The average Bonchev–Trinajstić information content (AvgIpc) is 2.61. The molecule has 0 saturated carbocycles. The number of amides is 1. The van der Waals surface area contributed by atoms with Gasteiger partial charge in [0.25, 0.3) is 0 Å². The van der Waals surface area contributed by atoms with Crippen molar-refractivity contribution in [1.82, 2.24) is 14.8 Å². The third-order valence-corrected chi connectivity index (χ3v) is 1.85. The summed E-state index contributed by atoms with van der Waals surface area (Å²) in [5, 5.41) is 3.94. The quantitative estimate of drug-likeness (QED) is 0.755. The molecule has 16 heavy (non-hydrogen) atoms. The molecular formula is C9H9N5O2. The zero-order valence-electron chi connectivity index (χ0n) is 8.20. The van der Waals surface area contributed by atoms with Crippen LogP contribution < -0.4 is 16.2 Å². The van der Waals surface area contributed by atoms with Crippen LogP contribution in [0.3, 0.4) is 0 Å². The smallest absolute Gasteiger partial charge is 0.405 e. The van der Waals surface area contributed by atoms with Gasteiger partial charge in [-0.25, -0.2) is 9.78 Å². The van der Waals surface area contributed by atoms with Crippen LogP contribution >= 0.6 is 0 Å². The Kier molecular flexibility index (Phi) is 2.42. The number of rotatable bonds is 2. The van der Waals surface area contributed by atoms with E-state index in [4.69, 9.17) is 11.5 Å². The molecule has 4 N–H and O–H groups in total. The van der Waals surface area contributed by atoms with Crippen LogP contribution in [0.25, 0.3) is 5.82 Å². The second-order valence-corrected chi connectivity index (χ2v) is 2.91. The van der Waals surface area contributed by atoms with E-state index in [1.165, 1.54) is 10.9 Å². The van der Waals surface area contributed by atoms with E-state index in [2.05, 4.69) is 14.8 Å². The molecule has 7 heteroatoms. The first kappa shape index (κ1) is 9.97. The van der Waals surface area contributed by atoms with Gasteiger partial charge in [0.2, 0.25) is 0 Å². The highest BCUT2D eigenvalue weighted by Crippen LogP contribution is 2.22. The van der Waals surface area contributed by atoms with Crippen molar-refractivity contribution in [3.05, 3.63) is 30.6 Å². The van der Waals surface area contributed by atoms with Gasteiger partial charge in [-0.1, -0.05) is 6.07 Å². The molecule has 0 aliphatic heterocycles. The first-order valence-electron chi connectivity index (χ1n) is 4.40. The van der Waals surface area contributed by atoms with Crippen molar-refractivity contribution in [3.8, 4) is 11.6 Å². The first-order valence-corrected chi connectivity index (χ1v) is 4.40. The largest absolute Gasteiger partial charge is 0.410 e. The Morgan fingerprint density at radius 1 is 1.44 bits per heavy atom. The number of anilines is 1. The van der Waals surface area contributed by atoms with Crippen molar-refractivity contribution in [2.24, 2.45) is 5.73 Å². The molecule has 2 aromatic rings. The van der Waals surface area contributed by atoms with Crippen LogP contribution in [0.5, 0.6) is 5.75 Å². The van der Waals surface area contributed by atoms with Gasteiger partial charge in [-0.15, -0.1) is 0 Å². The van der Waals surface area contributed by atoms with Gasteiger partial charge in [0.1, 0.15) is 0 Å². The number of hydrogen-bond donors (Lipinski definition) is 2. The summed E-state index contributed by atoms with van der Waals surface area (Å²) in [7, 11) is 0. The number of nitrogen functional groups attached to an aromatic ring is 1. The average molecular weight is 219 g/mol. The highest BCUT2D eigenvalue weighted by atomic mass is 16.5. The number of nitrogens with zero attached hydrogens (tertiary/aromatic N) is 3. The maximum absolute atomic E-state index is 10.6. The lowest BCUT2D eigenvalue weighted by Gasteiger charge is -2.02. The molecule has 0 aliphatic carbocycles. The number of hydrogen-bond acceptors (Lipinski definition) is 5. The third kappa shape index (κ3) is 1.78. The molecule has 7 nitrogen and oxygen atoms in total. The minimum atomic E-state index is -0.938. The molecular weight excluding hydrogens is 210 g/mol. The predicted molar refractivity (Wildman–Crippen MR) is 56.0 cm³/mol. The third-order valence-electron chi connectivity index (χ3n) is 1.85. The monoisotopic (exact) mass is 219 g/mol. The zero-order valence-corrected chi connectivity index (χ0v) is 8.20. The summed E-state index contributed by atoms with van der Waals surface area (Å²) in [6.45, 7) is 0. The summed E-state index contributed by atoms with van der Waals surface area (Å²) < 4.78 is 6.00. The van der Waals surface area contributed by atoms with Gasteiger partial charge >= 0.3 is 6.09 Å². The molecule has 82 valence electrons. The lowest BCUT2D eigenvalue weighted by molar-refractivity contribution is 0.211. The Hall–Kier alpha value is -2.57. The Morgan fingerprint density at radius 3 is 2.88 bits per heavy atom. The van der Waals surface area contributed by atoms with Crippen LogP contribution in [0.2, 0.25) is 0 Å². The molecule has 2 rings (SSSR count). The van der Waals surface area contributed by atoms with Crippen molar-refractivity contribution < 1.29 is 9.53 Å². The maximum Gasteiger partial charge on any atom is 0.410 e. The number of carbonyl (C=O) groups excluding carboxylic acids is 1. The van der Waals surface area contributed by atoms with Gasteiger partial charge in [-0.3, -0.25) is 0 Å². The molecule has 2 aromatic heterocycles. The Morgan fingerprint density at radius 2 is 2.25 bits per heavy atom. The number of nitrogens with two attached hydrogens (primary N) is 2. The van der Waals surface area contributed by atoms with Crippen LogP contribution in [0.1, 0.15) is 0 Å². The second-order valence-electron chi connectivity index (χ2n) is 2.91. The van der Waals surface area contributed by atoms with E-state index in [0.29, 0.717) is 5.82 Å². The van der Waals surface area contributed by atoms with Crippen LogP contribution in [0.15, 0.2) is 30.6 Å². The zero-order chi connectivity index (χ0) is 11.5. The molecule has 0 aliphatic rings. The van der Waals surface area contributed by atoms with Gasteiger partial charge in [-0.2, -0.15) is 9.78 Å². The Bertz CT molecular complexity index is 508. The van der Waals surface area contributed by atoms with Crippen molar-refractivity contribution >= 4 is 11.9 Å². The van der Waals surface area contributed by atoms with Crippen LogP contribution in [0.4, 0.5) is 10.6 Å². The van der Waals surface area contributed by atoms with Crippen molar-refractivity contribution in [2.45, 2.75) is 0 Å². The summed E-state index contributed by atoms with van der Waals surface area (Å²) in [6, 6.07) is 5.28. The fourth-order valence-electron chi connectivity index (χ4n) is 1.19. The second kappa shape index (κ2) is 3.89. The van der Waals surface area contributed by atoms with Crippen LogP contribution in [-0.4, -0.2) is 20.9 Å². The first-order chi connectivity index (χ1) is 7.68. The predicted octanol–water partition coefficient (Wildman–Crippen LogP) is 0.307. The SMILES string of the molecule is NC(=O)Oc1cnn(-c2ccccn2)c1N. The standard InChI is InChI=1S/C9H9N5O2/c10-8-6(16-9(11)15)5-13-14(8)7-3-1-2-4-12-7/h1-5H,10H2,(H2,11,15). The lowest BCUT2D eigenvalue weighted by Crippen LogP contribution is -2.16. The summed E-state index contributed by atoms with van der Waals surface area (Å²) in [5.74, 6) is 0.801. The molecule has 0 radical (unpaired) electrons. The highest BCUT2D eigenvalue weighted by Gasteiger charge is 2.12. The van der Waals surface area contributed by atoms with Crippen LogP contribution in [0, 0.1) is 0 Å². The fourth-order valence-corrected chi connectivity index (χ4v) is 1.19. The topological polar surface area (TPSA) is 109 Å². The Balaban J connectivity index is 2.37.